The number of nitrogen functional groups attached to an aromatic ring is 1. The molecule has 0 atom stereocenters. The predicted octanol–water partition coefficient (Wildman–Crippen LogP) is 3.75. The molecule has 2 rings (SSSR count). The first-order valence-electron chi connectivity index (χ1n) is 4.57. The highest BCUT2D eigenvalue weighted by atomic mass is 35.5. The molecule has 0 spiro atoms. The van der Waals surface area contributed by atoms with Crippen LogP contribution >= 0.6 is 23.7 Å². The minimum absolute atomic E-state index is 0. The second kappa shape index (κ2) is 3.89. The lowest BCUT2D eigenvalue weighted by atomic mass is 10.2. The molecular weight excluding hydrogens is 202 g/mol. The topological polar surface area (TPSA) is 26.0 Å². The van der Waals surface area contributed by atoms with E-state index in [-0.39, 0.29) is 12.4 Å². The van der Waals surface area contributed by atoms with Gasteiger partial charge in [-0.2, -0.15) is 0 Å². The summed E-state index contributed by atoms with van der Waals surface area (Å²) in [5, 5.41) is 0. The van der Waals surface area contributed by atoms with E-state index >= 15 is 0 Å². The molecule has 1 fully saturated rings. The number of anilines is 1. The van der Waals surface area contributed by atoms with Crippen LogP contribution in [0.25, 0.3) is 0 Å². The van der Waals surface area contributed by atoms with Crippen LogP contribution in [0, 0.1) is 0 Å². The van der Waals surface area contributed by atoms with Gasteiger partial charge in [0.15, 0.2) is 0 Å². The van der Waals surface area contributed by atoms with Crippen molar-refractivity contribution in [3.63, 3.8) is 0 Å². The van der Waals surface area contributed by atoms with Gasteiger partial charge in [-0.1, -0.05) is 13.8 Å². The Kier molecular flexibility index (Phi) is 3.25. The van der Waals surface area contributed by atoms with Gasteiger partial charge in [0.25, 0.3) is 0 Å². The average molecular weight is 218 g/mol. The molecule has 74 valence electrons. The summed E-state index contributed by atoms with van der Waals surface area (Å²) < 4.78 is 0. The van der Waals surface area contributed by atoms with Crippen molar-refractivity contribution in [1.29, 1.82) is 0 Å². The van der Waals surface area contributed by atoms with E-state index in [0.717, 1.165) is 11.6 Å². The van der Waals surface area contributed by atoms with Crippen LogP contribution in [0.4, 0.5) is 5.69 Å². The largest absolute Gasteiger partial charge is 0.398 e. The lowest BCUT2D eigenvalue weighted by molar-refractivity contribution is 0.890. The van der Waals surface area contributed by atoms with Gasteiger partial charge >= 0.3 is 0 Å². The van der Waals surface area contributed by atoms with Gasteiger partial charge in [-0.15, -0.1) is 23.7 Å². The fourth-order valence-corrected chi connectivity index (χ4v) is 2.64. The quantitative estimate of drug-likeness (QED) is 0.802. The van der Waals surface area contributed by atoms with Crippen molar-refractivity contribution in [3.8, 4) is 0 Å². The van der Waals surface area contributed by atoms with E-state index in [2.05, 4.69) is 19.9 Å². The van der Waals surface area contributed by atoms with Gasteiger partial charge in [0.2, 0.25) is 0 Å². The number of nitrogens with two attached hydrogens (primary N) is 1. The highest BCUT2D eigenvalue weighted by Crippen LogP contribution is 2.47. The average Bonchev–Trinajstić information content (AvgIpc) is 2.75. The first-order chi connectivity index (χ1) is 5.68. The van der Waals surface area contributed by atoms with Crippen molar-refractivity contribution in [2.75, 3.05) is 5.73 Å². The summed E-state index contributed by atoms with van der Waals surface area (Å²) in [6, 6.07) is 2.16. The van der Waals surface area contributed by atoms with Gasteiger partial charge in [0.1, 0.15) is 0 Å². The van der Waals surface area contributed by atoms with Crippen LogP contribution in [0.3, 0.4) is 0 Å². The summed E-state index contributed by atoms with van der Waals surface area (Å²) in [7, 11) is 0. The Morgan fingerprint density at radius 1 is 1.46 bits per heavy atom. The Hall–Kier alpha value is -0.210. The van der Waals surface area contributed by atoms with Gasteiger partial charge in [0, 0.05) is 15.4 Å². The van der Waals surface area contributed by atoms with Crippen molar-refractivity contribution in [3.05, 3.63) is 15.8 Å². The summed E-state index contributed by atoms with van der Waals surface area (Å²) in [5.41, 5.74) is 6.96. The molecule has 1 saturated carbocycles. The van der Waals surface area contributed by atoms with Crippen molar-refractivity contribution in [2.24, 2.45) is 0 Å². The number of hydrogen-bond acceptors (Lipinski definition) is 2. The van der Waals surface area contributed by atoms with E-state index in [1.807, 2.05) is 11.3 Å². The lowest BCUT2D eigenvalue weighted by Crippen LogP contribution is -1.84. The number of hydrogen-bond donors (Lipinski definition) is 1. The van der Waals surface area contributed by atoms with Crippen LogP contribution in [0.15, 0.2) is 6.07 Å². The maximum absolute atomic E-state index is 5.93. The number of thiophene rings is 1. The maximum atomic E-state index is 5.93. The summed E-state index contributed by atoms with van der Waals surface area (Å²) in [4.78, 5) is 2.88. The van der Waals surface area contributed by atoms with E-state index in [9.17, 15) is 0 Å². The molecule has 0 bridgehead atoms. The Labute approximate surface area is 89.7 Å². The highest BCUT2D eigenvalue weighted by Gasteiger charge is 2.27. The molecule has 0 unspecified atom stereocenters. The van der Waals surface area contributed by atoms with Crippen LogP contribution in [0.2, 0.25) is 0 Å². The summed E-state index contributed by atoms with van der Waals surface area (Å²) >= 11 is 1.91. The molecule has 0 aromatic carbocycles. The standard InChI is InChI=1S/C10H15NS.ClH/c1-6(2)9-5-8(11)10(12-9)7-3-4-7;/h5-7H,3-4,11H2,1-2H3;1H. The lowest BCUT2D eigenvalue weighted by Gasteiger charge is -1.96. The predicted molar refractivity (Wildman–Crippen MR) is 62.0 cm³/mol. The number of rotatable bonds is 2. The molecule has 1 aromatic heterocycles. The third-order valence-corrected chi connectivity index (χ3v) is 3.94. The molecule has 3 heteroatoms. The minimum Gasteiger partial charge on any atom is -0.398 e. The van der Waals surface area contributed by atoms with Gasteiger partial charge < -0.3 is 5.73 Å². The molecule has 0 amide bonds. The second-order valence-corrected chi connectivity index (χ2v) is 5.01. The summed E-state index contributed by atoms with van der Waals surface area (Å²) in [6.45, 7) is 4.45. The Morgan fingerprint density at radius 2 is 2.08 bits per heavy atom. The number of halogens is 1. The highest BCUT2D eigenvalue weighted by molar-refractivity contribution is 7.12. The van der Waals surface area contributed by atoms with Crippen LogP contribution in [-0.2, 0) is 0 Å². The normalized spacial score (nSPS) is 15.9. The smallest absolute Gasteiger partial charge is 0.0461 e. The van der Waals surface area contributed by atoms with Crippen LogP contribution in [0.1, 0.15) is 48.3 Å². The summed E-state index contributed by atoms with van der Waals surface area (Å²) in [6.07, 6.45) is 2.70. The Balaban J connectivity index is 0.000000845. The van der Waals surface area contributed by atoms with Crippen molar-refractivity contribution in [1.82, 2.24) is 0 Å². The second-order valence-electron chi connectivity index (χ2n) is 3.90. The maximum Gasteiger partial charge on any atom is 0.0461 e. The van der Waals surface area contributed by atoms with Crippen molar-refractivity contribution in [2.45, 2.75) is 38.5 Å². The van der Waals surface area contributed by atoms with Gasteiger partial charge in [-0.3, -0.25) is 0 Å². The molecule has 0 radical (unpaired) electrons. The first kappa shape index (κ1) is 10.9. The van der Waals surface area contributed by atoms with E-state index in [1.165, 1.54) is 22.6 Å². The molecule has 2 N–H and O–H groups in total. The van der Waals surface area contributed by atoms with Gasteiger partial charge in [-0.25, -0.2) is 0 Å². The minimum atomic E-state index is 0. The molecule has 1 aromatic rings. The Morgan fingerprint density at radius 3 is 2.46 bits per heavy atom. The van der Waals surface area contributed by atoms with E-state index in [4.69, 9.17) is 5.73 Å². The SMILES string of the molecule is CC(C)c1cc(N)c(C2CC2)s1.Cl. The van der Waals surface area contributed by atoms with Gasteiger partial charge in [0.05, 0.1) is 0 Å². The molecule has 1 nitrogen and oxygen atoms in total. The Bertz CT molecular complexity index is 289. The van der Waals surface area contributed by atoms with Crippen LogP contribution in [-0.4, -0.2) is 0 Å². The van der Waals surface area contributed by atoms with E-state index in [0.29, 0.717) is 5.92 Å². The first-order valence-corrected chi connectivity index (χ1v) is 5.39. The van der Waals surface area contributed by atoms with Crippen LogP contribution in [0.5, 0.6) is 0 Å². The molecule has 1 heterocycles. The third-order valence-electron chi connectivity index (χ3n) is 2.33. The van der Waals surface area contributed by atoms with Gasteiger partial charge in [-0.05, 0) is 30.7 Å². The van der Waals surface area contributed by atoms with Crippen LogP contribution < -0.4 is 5.73 Å². The molecule has 13 heavy (non-hydrogen) atoms. The molecular formula is C10H16ClNS. The fourth-order valence-electron chi connectivity index (χ4n) is 1.39. The fraction of sp³-hybridized carbons (Fsp3) is 0.600. The van der Waals surface area contributed by atoms with E-state index < -0.39 is 0 Å². The zero-order chi connectivity index (χ0) is 8.72. The van der Waals surface area contributed by atoms with Crippen molar-refractivity contribution >= 4 is 29.4 Å². The monoisotopic (exact) mass is 217 g/mol. The third kappa shape index (κ3) is 2.18. The zero-order valence-electron chi connectivity index (χ0n) is 8.04. The van der Waals surface area contributed by atoms with Crippen molar-refractivity contribution < 1.29 is 0 Å². The van der Waals surface area contributed by atoms with E-state index in [1.54, 1.807) is 0 Å². The summed E-state index contributed by atoms with van der Waals surface area (Å²) in [5.74, 6) is 1.44. The molecule has 0 aliphatic heterocycles. The zero-order valence-corrected chi connectivity index (χ0v) is 9.67. The molecule has 0 saturated heterocycles. The molecule has 1 aliphatic carbocycles. The molecule has 1 aliphatic rings.